The van der Waals surface area contributed by atoms with E-state index in [1.165, 1.54) is 5.56 Å². The van der Waals surface area contributed by atoms with Crippen LogP contribution in [0.5, 0.6) is 17.2 Å². The molecule has 0 spiro atoms. The van der Waals surface area contributed by atoms with Crippen LogP contribution in [0.15, 0.2) is 42.5 Å². The minimum absolute atomic E-state index is 0.00514. The van der Waals surface area contributed by atoms with Gasteiger partial charge in [-0.25, -0.2) is 0 Å². The van der Waals surface area contributed by atoms with Crippen LogP contribution in [0.2, 0.25) is 0 Å². The molecule has 1 fully saturated rings. The highest BCUT2D eigenvalue weighted by Crippen LogP contribution is 2.18. The molecule has 1 N–H and O–H groups in total. The van der Waals surface area contributed by atoms with Crippen LogP contribution in [0.25, 0.3) is 0 Å². The Hall–Kier alpha value is -3.22. The van der Waals surface area contributed by atoms with E-state index in [-0.39, 0.29) is 31.1 Å². The van der Waals surface area contributed by atoms with Gasteiger partial charge in [-0.05, 0) is 81.1 Å². The molecular weight excluding hydrogens is 408 g/mol. The molecule has 1 aliphatic heterocycles. The van der Waals surface area contributed by atoms with Gasteiger partial charge in [0, 0.05) is 19.1 Å². The number of ether oxygens (including phenoxy) is 3. The number of rotatable bonds is 9. The maximum atomic E-state index is 12.4. The van der Waals surface area contributed by atoms with Crippen molar-refractivity contribution in [2.24, 2.45) is 0 Å². The monoisotopic (exact) mass is 440 g/mol. The van der Waals surface area contributed by atoms with Gasteiger partial charge in [0.15, 0.2) is 13.2 Å². The Morgan fingerprint density at radius 3 is 2.09 bits per heavy atom. The normalized spacial score (nSPS) is 14.0. The summed E-state index contributed by atoms with van der Waals surface area (Å²) in [7, 11) is 0. The average molecular weight is 441 g/mol. The number of nitrogens with one attached hydrogen (secondary N) is 1. The van der Waals surface area contributed by atoms with Gasteiger partial charge in [-0.15, -0.1) is 0 Å². The van der Waals surface area contributed by atoms with Crippen molar-refractivity contribution in [3.63, 3.8) is 0 Å². The zero-order valence-electron chi connectivity index (χ0n) is 19.1. The Morgan fingerprint density at radius 2 is 1.47 bits per heavy atom. The molecule has 1 aliphatic rings. The number of hydrogen-bond acceptors (Lipinski definition) is 5. The zero-order chi connectivity index (χ0) is 22.9. The van der Waals surface area contributed by atoms with E-state index in [0.29, 0.717) is 44.0 Å². The first kappa shape index (κ1) is 23.4. The Morgan fingerprint density at radius 1 is 0.875 bits per heavy atom. The lowest BCUT2D eigenvalue weighted by atomic mass is 10.1. The molecule has 2 aromatic rings. The van der Waals surface area contributed by atoms with E-state index in [9.17, 15) is 9.59 Å². The lowest BCUT2D eigenvalue weighted by molar-refractivity contribution is -0.134. The molecule has 0 aromatic heterocycles. The van der Waals surface area contributed by atoms with Gasteiger partial charge < -0.3 is 24.4 Å². The molecule has 0 saturated carbocycles. The van der Waals surface area contributed by atoms with Crippen LogP contribution in [0, 0.1) is 13.8 Å². The molecule has 3 rings (SSSR count). The van der Waals surface area contributed by atoms with Gasteiger partial charge in [0.05, 0.1) is 6.61 Å². The van der Waals surface area contributed by atoms with Crippen molar-refractivity contribution >= 4 is 11.8 Å². The summed E-state index contributed by atoms with van der Waals surface area (Å²) in [5.74, 6) is 1.90. The smallest absolute Gasteiger partial charge is 0.260 e. The molecule has 0 atom stereocenters. The number of hydrogen-bond donors (Lipinski definition) is 1. The molecule has 0 unspecified atom stereocenters. The van der Waals surface area contributed by atoms with E-state index in [0.717, 1.165) is 11.3 Å². The molecule has 172 valence electrons. The van der Waals surface area contributed by atoms with Gasteiger partial charge in [0.2, 0.25) is 0 Å². The largest absolute Gasteiger partial charge is 0.494 e. The first-order valence-electron chi connectivity index (χ1n) is 11.1. The van der Waals surface area contributed by atoms with E-state index >= 15 is 0 Å². The fourth-order valence-electron chi connectivity index (χ4n) is 3.53. The molecule has 7 nitrogen and oxygen atoms in total. The van der Waals surface area contributed by atoms with Gasteiger partial charge in [-0.2, -0.15) is 0 Å². The Bertz CT molecular complexity index is 905. The number of aryl methyl sites for hydroxylation is 2. The van der Waals surface area contributed by atoms with Crippen molar-refractivity contribution in [2.75, 3.05) is 32.9 Å². The Balaban J connectivity index is 1.35. The number of nitrogens with zero attached hydrogens (tertiary/aromatic N) is 1. The van der Waals surface area contributed by atoms with Crippen molar-refractivity contribution in [3.05, 3.63) is 53.6 Å². The quantitative estimate of drug-likeness (QED) is 0.648. The number of benzene rings is 2. The van der Waals surface area contributed by atoms with Gasteiger partial charge in [-0.3, -0.25) is 9.59 Å². The van der Waals surface area contributed by atoms with E-state index < -0.39 is 0 Å². The van der Waals surface area contributed by atoms with Gasteiger partial charge in [-0.1, -0.05) is 6.07 Å². The van der Waals surface area contributed by atoms with Crippen molar-refractivity contribution in [2.45, 2.75) is 39.7 Å². The summed E-state index contributed by atoms with van der Waals surface area (Å²) in [6.45, 7) is 7.75. The van der Waals surface area contributed by atoms with Crippen LogP contribution in [-0.2, 0) is 9.59 Å². The summed E-state index contributed by atoms with van der Waals surface area (Å²) in [5.41, 5.74) is 2.32. The topological polar surface area (TPSA) is 77.1 Å². The highest BCUT2D eigenvalue weighted by molar-refractivity contribution is 5.79. The summed E-state index contributed by atoms with van der Waals surface area (Å²) in [6, 6.07) is 13.1. The highest BCUT2D eigenvalue weighted by Gasteiger charge is 2.24. The molecule has 1 heterocycles. The SMILES string of the molecule is CCOc1ccc(OCC(=O)N2CCC(NC(=O)COc3ccc(C)c(C)c3)CC2)cc1. The number of amides is 2. The Kier molecular flexibility index (Phi) is 8.36. The van der Waals surface area contributed by atoms with Crippen LogP contribution >= 0.6 is 0 Å². The van der Waals surface area contributed by atoms with Crippen LogP contribution < -0.4 is 19.5 Å². The van der Waals surface area contributed by atoms with E-state index in [1.54, 1.807) is 17.0 Å². The second-order valence-electron chi connectivity index (χ2n) is 7.95. The third kappa shape index (κ3) is 6.90. The summed E-state index contributed by atoms with van der Waals surface area (Å²) in [5, 5.41) is 3.00. The number of likely N-dealkylation sites (tertiary alicyclic amines) is 1. The third-order valence-electron chi connectivity index (χ3n) is 5.56. The molecule has 2 aromatic carbocycles. The van der Waals surface area contributed by atoms with Crippen molar-refractivity contribution in [3.8, 4) is 17.2 Å². The Labute approximate surface area is 189 Å². The highest BCUT2D eigenvalue weighted by atomic mass is 16.5. The van der Waals surface area contributed by atoms with E-state index in [4.69, 9.17) is 14.2 Å². The van der Waals surface area contributed by atoms with Crippen molar-refractivity contribution in [1.82, 2.24) is 10.2 Å². The second-order valence-corrected chi connectivity index (χ2v) is 7.95. The molecule has 0 aliphatic carbocycles. The summed E-state index contributed by atoms with van der Waals surface area (Å²) < 4.78 is 16.6. The predicted molar refractivity (Wildman–Crippen MR) is 122 cm³/mol. The minimum Gasteiger partial charge on any atom is -0.494 e. The number of carbonyl (C=O) groups excluding carboxylic acids is 2. The fourth-order valence-corrected chi connectivity index (χ4v) is 3.53. The molecule has 0 radical (unpaired) electrons. The molecule has 1 saturated heterocycles. The van der Waals surface area contributed by atoms with Gasteiger partial charge in [0.25, 0.3) is 11.8 Å². The van der Waals surface area contributed by atoms with Crippen LogP contribution in [0.1, 0.15) is 30.9 Å². The summed E-state index contributed by atoms with van der Waals surface area (Å²) >= 11 is 0. The molecule has 2 amide bonds. The predicted octanol–water partition coefficient (Wildman–Crippen LogP) is 3.27. The zero-order valence-corrected chi connectivity index (χ0v) is 19.1. The summed E-state index contributed by atoms with van der Waals surface area (Å²) in [6.07, 6.45) is 1.42. The molecule has 32 heavy (non-hydrogen) atoms. The molecule has 7 heteroatoms. The van der Waals surface area contributed by atoms with Crippen LogP contribution in [0.3, 0.4) is 0 Å². The lowest BCUT2D eigenvalue weighted by Gasteiger charge is -2.32. The van der Waals surface area contributed by atoms with Gasteiger partial charge in [0.1, 0.15) is 17.2 Å². The second kappa shape index (κ2) is 11.4. The number of piperidine rings is 1. The first-order valence-corrected chi connectivity index (χ1v) is 11.1. The van der Waals surface area contributed by atoms with E-state index in [2.05, 4.69) is 5.32 Å². The summed E-state index contributed by atoms with van der Waals surface area (Å²) in [4.78, 5) is 26.5. The van der Waals surface area contributed by atoms with Crippen LogP contribution in [0.4, 0.5) is 0 Å². The number of carbonyl (C=O) groups is 2. The minimum atomic E-state index is -0.146. The van der Waals surface area contributed by atoms with E-state index in [1.807, 2.05) is 51.1 Å². The maximum Gasteiger partial charge on any atom is 0.260 e. The standard InChI is InChI=1S/C25H32N2O5/c1-4-30-21-7-9-22(10-8-21)32-17-25(29)27-13-11-20(12-14-27)26-24(28)16-31-23-6-5-18(2)19(3)15-23/h5-10,15,20H,4,11-14,16-17H2,1-3H3,(H,26,28). The fraction of sp³-hybridized carbons (Fsp3) is 0.440. The maximum absolute atomic E-state index is 12.4. The third-order valence-corrected chi connectivity index (χ3v) is 5.56. The lowest BCUT2D eigenvalue weighted by Crippen LogP contribution is -2.48. The average Bonchev–Trinajstić information content (AvgIpc) is 2.80. The van der Waals surface area contributed by atoms with Gasteiger partial charge >= 0.3 is 0 Å². The molecule has 0 bridgehead atoms. The van der Waals surface area contributed by atoms with Crippen LogP contribution in [-0.4, -0.2) is 55.7 Å². The van der Waals surface area contributed by atoms with Crippen molar-refractivity contribution in [1.29, 1.82) is 0 Å². The first-order chi connectivity index (χ1) is 15.4. The van der Waals surface area contributed by atoms with Crippen molar-refractivity contribution < 1.29 is 23.8 Å². The molecular formula is C25H32N2O5.